The lowest BCUT2D eigenvalue weighted by Gasteiger charge is -2.45. The predicted molar refractivity (Wildman–Crippen MR) is 105 cm³/mol. The van der Waals surface area contributed by atoms with Gasteiger partial charge in [-0.25, -0.2) is 0 Å². The van der Waals surface area contributed by atoms with Gasteiger partial charge in [-0.3, -0.25) is 14.4 Å². The monoisotopic (exact) mass is 364 g/mol. The Morgan fingerprint density at radius 3 is 2.48 bits per heavy atom. The van der Waals surface area contributed by atoms with Gasteiger partial charge >= 0.3 is 0 Å². The van der Waals surface area contributed by atoms with Gasteiger partial charge in [0, 0.05) is 43.4 Å². The molecule has 142 valence electrons. The summed E-state index contributed by atoms with van der Waals surface area (Å²) in [6, 6.07) is 10.6. The van der Waals surface area contributed by atoms with Crippen molar-refractivity contribution in [1.29, 1.82) is 0 Å². The van der Waals surface area contributed by atoms with Gasteiger partial charge in [0.2, 0.25) is 5.91 Å². The highest BCUT2D eigenvalue weighted by Crippen LogP contribution is 2.33. The number of piperidine rings is 3. The second-order valence-corrected chi connectivity index (χ2v) is 8.32. The van der Waals surface area contributed by atoms with Crippen molar-refractivity contribution in [2.24, 2.45) is 13.0 Å². The fraction of sp³-hybridized carbons (Fsp3) is 0.545. The Morgan fingerprint density at radius 1 is 1.04 bits per heavy atom. The minimum absolute atomic E-state index is 0.130. The fourth-order valence-corrected chi connectivity index (χ4v) is 5.26. The summed E-state index contributed by atoms with van der Waals surface area (Å²) in [4.78, 5) is 17.8. The summed E-state index contributed by atoms with van der Waals surface area (Å²) in [6.45, 7) is 3.84. The third-order valence-electron chi connectivity index (χ3n) is 6.82. The minimum Gasteiger partial charge on any atom is -0.341 e. The van der Waals surface area contributed by atoms with Gasteiger partial charge in [0.1, 0.15) is 0 Å². The van der Waals surface area contributed by atoms with E-state index in [2.05, 4.69) is 34.1 Å². The van der Waals surface area contributed by atoms with E-state index in [4.69, 9.17) is 5.10 Å². The summed E-state index contributed by atoms with van der Waals surface area (Å²) < 4.78 is 2.03. The molecule has 2 aromatic rings. The number of hydrogen-bond acceptors (Lipinski definition) is 3. The molecule has 3 fully saturated rings. The predicted octanol–water partition coefficient (Wildman–Crippen LogP) is 2.50. The van der Waals surface area contributed by atoms with E-state index in [0.29, 0.717) is 5.91 Å². The molecule has 5 nitrogen and oxygen atoms in total. The highest BCUT2D eigenvalue weighted by atomic mass is 16.2. The topological polar surface area (TPSA) is 41.4 Å². The van der Waals surface area contributed by atoms with E-state index in [0.717, 1.165) is 57.1 Å². The summed E-state index contributed by atoms with van der Waals surface area (Å²) >= 11 is 0. The third-order valence-corrected chi connectivity index (χ3v) is 6.82. The van der Waals surface area contributed by atoms with Crippen LogP contribution in [0.25, 0.3) is 11.3 Å². The minimum atomic E-state index is 0.130. The molecule has 3 saturated heterocycles. The summed E-state index contributed by atoms with van der Waals surface area (Å²) in [7, 11) is 2.04. The van der Waals surface area contributed by atoms with Crippen molar-refractivity contribution in [3.05, 3.63) is 41.6 Å². The van der Waals surface area contributed by atoms with Crippen LogP contribution >= 0.6 is 0 Å². The molecule has 1 aromatic carbocycles. The molecule has 0 saturated carbocycles. The van der Waals surface area contributed by atoms with E-state index in [1.54, 1.807) is 0 Å². The average molecular weight is 364 g/mol. The van der Waals surface area contributed by atoms with Crippen molar-refractivity contribution in [2.75, 3.05) is 26.2 Å². The maximum atomic E-state index is 13.3. The number of nitrogens with zero attached hydrogens (tertiary/aromatic N) is 4. The molecule has 27 heavy (non-hydrogen) atoms. The van der Waals surface area contributed by atoms with Crippen LogP contribution in [0.3, 0.4) is 0 Å². The summed E-state index contributed by atoms with van der Waals surface area (Å²) in [5, 5.41) is 4.80. The van der Waals surface area contributed by atoms with Gasteiger partial charge in [-0.05, 0) is 44.7 Å². The summed E-state index contributed by atoms with van der Waals surface area (Å²) in [5.74, 6) is 1.13. The maximum absolute atomic E-state index is 13.3. The van der Waals surface area contributed by atoms with E-state index >= 15 is 0 Å². The third kappa shape index (κ3) is 2.98. The Kier molecular flexibility index (Phi) is 4.27. The lowest BCUT2D eigenvalue weighted by Crippen LogP contribution is -2.56. The van der Waals surface area contributed by atoms with Crippen molar-refractivity contribution in [2.45, 2.75) is 38.1 Å². The van der Waals surface area contributed by atoms with Crippen LogP contribution in [0.15, 0.2) is 30.3 Å². The highest BCUT2D eigenvalue weighted by molar-refractivity contribution is 5.82. The molecular formula is C22H28N4O. The molecule has 5 heterocycles. The van der Waals surface area contributed by atoms with Crippen LogP contribution in [0.4, 0.5) is 0 Å². The zero-order chi connectivity index (χ0) is 18.4. The molecule has 2 bridgehead atoms. The molecule has 0 aliphatic carbocycles. The first-order valence-electron chi connectivity index (χ1n) is 10.3. The van der Waals surface area contributed by atoms with Crippen molar-refractivity contribution in [3.63, 3.8) is 0 Å². The SMILES string of the molecule is Cn1nc(-c2ccccc2)c2c1CCN(C(=O)C1CC3CCN1CC3)CC2. The van der Waals surface area contributed by atoms with E-state index in [1.165, 1.54) is 29.7 Å². The van der Waals surface area contributed by atoms with Crippen LogP contribution in [0.5, 0.6) is 0 Å². The van der Waals surface area contributed by atoms with Crippen LogP contribution in [-0.4, -0.2) is 57.7 Å². The van der Waals surface area contributed by atoms with Crippen LogP contribution < -0.4 is 0 Å². The molecule has 1 atom stereocenters. The molecule has 1 unspecified atom stereocenters. The molecule has 4 aliphatic rings. The first kappa shape index (κ1) is 17.0. The second kappa shape index (κ2) is 6.79. The number of fused-ring (bicyclic) bond motifs is 4. The lowest BCUT2D eigenvalue weighted by molar-refractivity contribution is -0.141. The van der Waals surface area contributed by atoms with E-state index in [1.807, 2.05) is 17.8 Å². The largest absolute Gasteiger partial charge is 0.341 e. The van der Waals surface area contributed by atoms with Crippen LogP contribution in [-0.2, 0) is 24.7 Å². The molecule has 1 amide bonds. The maximum Gasteiger partial charge on any atom is 0.239 e. The van der Waals surface area contributed by atoms with Crippen molar-refractivity contribution < 1.29 is 4.79 Å². The van der Waals surface area contributed by atoms with Crippen LogP contribution in [0.2, 0.25) is 0 Å². The number of amides is 1. The van der Waals surface area contributed by atoms with Crippen LogP contribution in [0, 0.1) is 5.92 Å². The molecular weight excluding hydrogens is 336 g/mol. The van der Waals surface area contributed by atoms with Gasteiger partial charge in [0.25, 0.3) is 0 Å². The Morgan fingerprint density at radius 2 is 1.78 bits per heavy atom. The Bertz CT molecular complexity index is 835. The van der Waals surface area contributed by atoms with Gasteiger partial charge in [-0.2, -0.15) is 5.10 Å². The average Bonchev–Trinajstić information content (AvgIpc) is 2.90. The van der Waals surface area contributed by atoms with Crippen LogP contribution in [0.1, 0.15) is 30.5 Å². The fourth-order valence-electron chi connectivity index (χ4n) is 5.26. The van der Waals surface area contributed by atoms with Crippen molar-refractivity contribution in [1.82, 2.24) is 19.6 Å². The molecule has 5 heteroatoms. The number of aryl methyl sites for hydroxylation is 1. The Hall–Kier alpha value is -2.14. The van der Waals surface area contributed by atoms with Gasteiger partial charge in [0.05, 0.1) is 11.7 Å². The molecule has 4 aliphatic heterocycles. The first-order valence-corrected chi connectivity index (χ1v) is 10.3. The zero-order valence-corrected chi connectivity index (χ0v) is 16.1. The number of aromatic nitrogens is 2. The number of hydrogen-bond donors (Lipinski definition) is 0. The van der Waals surface area contributed by atoms with Crippen molar-refractivity contribution >= 4 is 5.91 Å². The summed E-state index contributed by atoms with van der Waals surface area (Å²) in [6.07, 6.45) is 5.42. The molecule has 0 N–H and O–H groups in total. The van der Waals surface area contributed by atoms with E-state index < -0.39 is 0 Å². The number of carbonyl (C=O) groups is 1. The van der Waals surface area contributed by atoms with E-state index in [9.17, 15) is 4.79 Å². The summed E-state index contributed by atoms with van der Waals surface area (Å²) in [5.41, 5.74) is 4.87. The standard InChI is InChI=1S/C22H28N4O/c1-24-19-10-14-26(22(27)20-15-16-7-11-25(20)12-8-16)13-9-18(19)21(23-24)17-5-3-2-4-6-17/h2-6,16,20H,7-15H2,1H3. The quantitative estimate of drug-likeness (QED) is 0.822. The van der Waals surface area contributed by atoms with Gasteiger partial charge in [-0.15, -0.1) is 0 Å². The molecule has 0 spiro atoms. The lowest BCUT2D eigenvalue weighted by atomic mass is 9.83. The smallest absolute Gasteiger partial charge is 0.239 e. The van der Waals surface area contributed by atoms with Gasteiger partial charge in [0.15, 0.2) is 0 Å². The molecule has 1 aromatic heterocycles. The highest BCUT2D eigenvalue weighted by Gasteiger charge is 2.39. The zero-order valence-electron chi connectivity index (χ0n) is 16.1. The Labute approximate surface area is 161 Å². The molecule has 0 radical (unpaired) electrons. The number of benzene rings is 1. The second-order valence-electron chi connectivity index (χ2n) is 8.32. The van der Waals surface area contributed by atoms with Crippen molar-refractivity contribution in [3.8, 4) is 11.3 Å². The van der Waals surface area contributed by atoms with Gasteiger partial charge in [-0.1, -0.05) is 30.3 Å². The number of rotatable bonds is 2. The van der Waals surface area contributed by atoms with E-state index in [-0.39, 0.29) is 6.04 Å². The normalized spacial score (nSPS) is 27.3. The molecule has 6 rings (SSSR count). The number of carbonyl (C=O) groups excluding carboxylic acids is 1. The van der Waals surface area contributed by atoms with Gasteiger partial charge < -0.3 is 4.90 Å². The first-order chi connectivity index (χ1) is 13.2. The Balaban J connectivity index is 1.36.